The van der Waals surface area contributed by atoms with Crippen molar-refractivity contribution in [2.24, 2.45) is 0 Å². The first-order valence-electron chi connectivity index (χ1n) is 3.86. The molecule has 0 saturated heterocycles. The van der Waals surface area contributed by atoms with E-state index in [9.17, 15) is 13.2 Å². The van der Waals surface area contributed by atoms with Gasteiger partial charge in [-0.3, -0.25) is 0 Å². The van der Waals surface area contributed by atoms with Crippen LogP contribution in [-0.4, -0.2) is 38.8 Å². The van der Waals surface area contributed by atoms with Gasteiger partial charge < -0.3 is 15.5 Å². The molecule has 0 bridgehead atoms. The Morgan fingerprint density at radius 3 is 2.33 bits per heavy atom. The normalized spacial score (nSPS) is 12.1. The summed E-state index contributed by atoms with van der Waals surface area (Å²) in [6, 6.07) is -0.737. The molecule has 0 aliphatic rings. The summed E-state index contributed by atoms with van der Waals surface area (Å²) in [6.07, 6.45) is -4.58. The van der Waals surface area contributed by atoms with E-state index < -0.39 is 31.3 Å². The second-order valence-corrected chi connectivity index (χ2v) is 3.38. The van der Waals surface area contributed by atoms with Crippen LogP contribution in [-0.2, 0) is 6.18 Å². The van der Waals surface area contributed by atoms with Gasteiger partial charge in [0.1, 0.15) is 0 Å². The molecule has 0 fully saturated rings. The minimum atomic E-state index is -4.58. The van der Waals surface area contributed by atoms with Crippen LogP contribution in [0.25, 0.3) is 0 Å². The van der Waals surface area contributed by atoms with Crippen LogP contribution in [0.5, 0.6) is 0 Å². The quantitative estimate of drug-likeness (QED) is 0.710. The van der Waals surface area contributed by atoms with Crippen molar-refractivity contribution in [2.75, 3.05) is 18.5 Å². The second kappa shape index (κ2) is 4.73. The second-order valence-electron chi connectivity index (χ2n) is 2.63. The number of anilines is 1. The van der Waals surface area contributed by atoms with Crippen molar-refractivity contribution in [3.8, 4) is 0 Å². The largest absolute Gasteiger partial charge is 0.452 e. The van der Waals surface area contributed by atoms with Crippen LogP contribution < -0.4 is 5.32 Å². The Kier molecular flexibility index (Phi) is 3.83. The van der Waals surface area contributed by atoms with Gasteiger partial charge in [0.25, 0.3) is 0 Å². The monoisotopic (exact) mass is 243 g/mol. The molecule has 3 N–H and O–H groups in total. The first-order valence-corrected chi connectivity index (χ1v) is 4.64. The topological polar surface area (TPSA) is 78.3 Å². The Bertz CT molecular complexity index is 313. The molecule has 1 aromatic rings. The maximum atomic E-state index is 12.1. The Balaban J connectivity index is 2.68. The fourth-order valence-corrected chi connectivity index (χ4v) is 1.38. The predicted molar refractivity (Wildman–Crippen MR) is 46.5 cm³/mol. The van der Waals surface area contributed by atoms with Crippen molar-refractivity contribution in [1.82, 2.24) is 9.36 Å². The molecule has 0 saturated carbocycles. The van der Waals surface area contributed by atoms with Crippen molar-refractivity contribution in [2.45, 2.75) is 12.2 Å². The van der Waals surface area contributed by atoms with Crippen LogP contribution in [0.15, 0.2) is 0 Å². The zero-order valence-corrected chi connectivity index (χ0v) is 8.14. The van der Waals surface area contributed by atoms with Gasteiger partial charge in [0, 0.05) is 11.5 Å². The average Bonchev–Trinajstić information content (AvgIpc) is 2.61. The molecule has 0 aromatic carbocycles. The van der Waals surface area contributed by atoms with Crippen molar-refractivity contribution in [1.29, 1.82) is 0 Å². The molecule has 9 heteroatoms. The van der Waals surface area contributed by atoms with Gasteiger partial charge >= 0.3 is 6.18 Å². The Morgan fingerprint density at radius 1 is 1.33 bits per heavy atom. The summed E-state index contributed by atoms with van der Waals surface area (Å²) in [6.45, 7) is -0.811. The average molecular weight is 243 g/mol. The van der Waals surface area contributed by atoms with Crippen molar-refractivity contribution in [3.63, 3.8) is 0 Å². The predicted octanol–water partition coefficient (Wildman–Crippen LogP) is 0.322. The summed E-state index contributed by atoms with van der Waals surface area (Å²) in [7, 11) is 0. The van der Waals surface area contributed by atoms with E-state index in [0.29, 0.717) is 11.5 Å². The molecule has 5 nitrogen and oxygen atoms in total. The van der Waals surface area contributed by atoms with E-state index in [1.165, 1.54) is 0 Å². The maximum absolute atomic E-state index is 12.1. The smallest absolute Gasteiger partial charge is 0.394 e. The lowest BCUT2D eigenvalue weighted by Crippen LogP contribution is -2.27. The zero-order valence-electron chi connectivity index (χ0n) is 7.32. The van der Waals surface area contributed by atoms with E-state index in [1.807, 2.05) is 0 Å². The lowest BCUT2D eigenvalue weighted by atomic mass is 10.3. The minimum Gasteiger partial charge on any atom is -0.394 e. The highest BCUT2D eigenvalue weighted by Gasteiger charge is 2.36. The van der Waals surface area contributed by atoms with Gasteiger partial charge in [-0.15, -0.1) is 0 Å². The fraction of sp³-hybridized carbons (Fsp3) is 0.667. The van der Waals surface area contributed by atoms with E-state index in [0.717, 1.165) is 0 Å². The first kappa shape index (κ1) is 12.1. The lowest BCUT2D eigenvalue weighted by Gasteiger charge is -2.10. The van der Waals surface area contributed by atoms with E-state index in [-0.39, 0.29) is 5.13 Å². The standard InChI is InChI=1S/C6H8F3N3O2S/c7-6(8,9)4-11-5(15-12-4)10-3(1-13)2-14/h3,13-14H,1-2H2,(H,10,11,12). The van der Waals surface area contributed by atoms with E-state index in [4.69, 9.17) is 10.2 Å². The molecule has 1 rings (SSSR count). The highest BCUT2D eigenvalue weighted by Crippen LogP contribution is 2.28. The summed E-state index contributed by atoms with van der Waals surface area (Å²) >= 11 is 0.521. The number of aliphatic hydroxyl groups excluding tert-OH is 2. The van der Waals surface area contributed by atoms with Crippen molar-refractivity contribution >= 4 is 16.7 Å². The summed E-state index contributed by atoms with van der Waals surface area (Å²) < 4.78 is 39.3. The maximum Gasteiger partial charge on any atom is 0.452 e. The molecular formula is C6H8F3N3O2S. The lowest BCUT2D eigenvalue weighted by molar-refractivity contribution is -0.144. The third kappa shape index (κ3) is 3.29. The van der Waals surface area contributed by atoms with Gasteiger partial charge in [0.05, 0.1) is 19.3 Å². The molecule has 0 amide bonds. The van der Waals surface area contributed by atoms with Crippen LogP contribution in [0, 0.1) is 0 Å². The van der Waals surface area contributed by atoms with Crippen LogP contribution in [0.2, 0.25) is 0 Å². The number of hydrogen-bond donors (Lipinski definition) is 3. The van der Waals surface area contributed by atoms with Crippen LogP contribution in [0.3, 0.4) is 0 Å². The van der Waals surface area contributed by atoms with Crippen LogP contribution in [0.1, 0.15) is 5.82 Å². The summed E-state index contributed by atoms with van der Waals surface area (Å²) in [5, 5.41) is 19.7. The number of nitrogens with zero attached hydrogens (tertiary/aromatic N) is 2. The van der Waals surface area contributed by atoms with Crippen LogP contribution in [0.4, 0.5) is 18.3 Å². The molecule has 0 spiro atoms. The van der Waals surface area contributed by atoms with Crippen molar-refractivity contribution < 1.29 is 23.4 Å². The van der Waals surface area contributed by atoms with Gasteiger partial charge in [-0.25, -0.2) is 0 Å². The summed E-state index contributed by atoms with van der Waals surface area (Å²) in [5.74, 6) is -1.23. The number of aromatic nitrogens is 2. The molecular weight excluding hydrogens is 235 g/mol. The van der Waals surface area contributed by atoms with Gasteiger partial charge in [-0.1, -0.05) is 0 Å². The molecule has 1 heterocycles. The summed E-state index contributed by atoms with van der Waals surface area (Å²) in [4.78, 5) is 3.17. The molecule has 1 aromatic heterocycles. The number of halogens is 3. The molecule has 15 heavy (non-hydrogen) atoms. The first-order chi connectivity index (χ1) is 6.97. The zero-order chi connectivity index (χ0) is 11.5. The van der Waals surface area contributed by atoms with Gasteiger partial charge in [0.15, 0.2) is 0 Å². The fourth-order valence-electron chi connectivity index (χ4n) is 0.721. The third-order valence-electron chi connectivity index (χ3n) is 1.45. The highest BCUT2D eigenvalue weighted by atomic mass is 32.1. The third-order valence-corrected chi connectivity index (χ3v) is 2.09. The van der Waals surface area contributed by atoms with Crippen LogP contribution >= 0.6 is 11.5 Å². The molecule has 0 radical (unpaired) electrons. The highest BCUT2D eigenvalue weighted by molar-refractivity contribution is 7.09. The summed E-state index contributed by atoms with van der Waals surface area (Å²) in [5.41, 5.74) is 0. The number of aliphatic hydroxyl groups is 2. The Morgan fingerprint density at radius 2 is 1.93 bits per heavy atom. The molecule has 0 unspecified atom stereocenters. The van der Waals surface area contributed by atoms with Gasteiger partial charge in [0.2, 0.25) is 11.0 Å². The molecule has 0 atom stereocenters. The molecule has 86 valence electrons. The number of hydrogen-bond acceptors (Lipinski definition) is 6. The van der Waals surface area contributed by atoms with Crippen molar-refractivity contribution in [3.05, 3.63) is 5.82 Å². The number of alkyl halides is 3. The SMILES string of the molecule is OCC(CO)Nc1nc(C(F)(F)F)ns1. The minimum absolute atomic E-state index is 0.0876. The molecule has 0 aliphatic heterocycles. The Hall–Kier alpha value is -0.930. The van der Waals surface area contributed by atoms with E-state index in [2.05, 4.69) is 14.7 Å². The molecule has 0 aliphatic carbocycles. The number of rotatable bonds is 4. The number of nitrogens with one attached hydrogen (secondary N) is 1. The van der Waals surface area contributed by atoms with E-state index in [1.54, 1.807) is 0 Å². The Labute approximate surface area is 86.7 Å². The van der Waals surface area contributed by atoms with E-state index >= 15 is 0 Å². The van der Waals surface area contributed by atoms with Gasteiger partial charge in [-0.2, -0.15) is 22.5 Å². The van der Waals surface area contributed by atoms with Gasteiger partial charge in [-0.05, 0) is 0 Å².